The first kappa shape index (κ1) is 14.1. The van der Waals surface area contributed by atoms with Gasteiger partial charge >= 0.3 is 0 Å². The summed E-state index contributed by atoms with van der Waals surface area (Å²) in [6, 6.07) is 0.667. The predicted octanol–water partition coefficient (Wildman–Crippen LogP) is 3.56. The van der Waals surface area contributed by atoms with Crippen molar-refractivity contribution in [3.63, 3.8) is 0 Å². The molecular formula is C15H28N2S. The van der Waals surface area contributed by atoms with Gasteiger partial charge in [-0.15, -0.1) is 0 Å². The average Bonchev–Trinajstić information content (AvgIpc) is 2.48. The van der Waals surface area contributed by atoms with E-state index in [0.717, 1.165) is 18.2 Å². The molecule has 1 aliphatic heterocycles. The van der Waals surface area contributed by atoms with Gasteiger partial charge in [0, 0.05) is 19.1 Å². The zero-order valence-electron chi connectivity index (χ0n) is 12.4. The fourth-order valence-corrected chi connectivity index (χ4v) is 4.49. The highest BCUT2D eigenvalue weighted by atomic mass is 32.1. The van der Waals surface area contributed by atoms with Crippen LogP contribution in [0.4, 0.5) is 0 Å². The minimum atomic E-state index is 0.475. The zero-order valence-corrected chi connectivity index (χ0v) is 13.2. The van der Waals surface area contributed by atoms with Gasteiger partial charge in [0.2, 0.25) is 0 Å². The van der Waals surface area contributed by atoms with Crippen molar-refractivity contribution in [2.24, 2.45) is 10.8 Å². The smallest absolute Gasteiger partial charge is 0.169 e. The summed E-state index contributed by atoms with van der Waals surface area (Å²) in [6.45, 7) is 11.7. The van der Waals surface area contributed by atoms with Gasteiger partial charge in [0.15, 0.2) is 5.11 Å². The number of nitrogens with zero attached hydrogens (tertiary/aromatic N) is 1. The van der Waals surface area contributed by atoms with Gasteiger partial charge in [0.25, 0.3) is 0 Å². The Labute approximate surface area is 118 Å². The lowest BCUT2D eigenvalue weighted by atomic mass is 9.65. The number of nitrogens with one attached hydrogen (secondary N) is 1. The highest BCUT2D eigenvalue weighted by molar-refractivity contribution is 7.80. The Morgan fingerprint density at radius 1 is 1.33 bits per heavy atom. The van der Waals surface area contributed by atoms with Crippen molar-refractivity contribution in [1.29, 1.82) is 0 Å². The first-order valence-electron chi connectivity index (χ1n) is 7.40. The molecule has 0 aromatic heterocycles. The second-order valence-electron chi connectivity index (χ2n) is 7.43. The summed E-state index contributed by atoms with van der Waals surface area (Å²) in [6.07, 6.45) is 6.39. The molecule has 1 N–H and O–H groups in total. The summed E-state index contributed by atoms with van der Waals surface area (Å²) in [5, 5.41) is 4.44. The number of hydrogen-bond acceptors (Lipinski definition) is 1. The van der Waals surface area contributed by atoms with E-state index in [1.807, 2.05) is 0 Å². The van der Waals surface area contributed by atoms with Crippen molar-refractivity contribution in [3.8, 4) is 0 Å². The molecule has 3 heteroatoms. The molecule has 2 aliphatic rings. The number of unbranched alkanes of at least 4 members (excludes halogenated alkanes) is 1. The number of thiocarbonyl (C=S) groups is 1. The van der Waals surface area contributed by atoms with Gasteiger partial charge in [0.05, 0.1) is 0 Å². The Kier molecular flexibility index (Phi) is 3.91. The highest BCUT2D eigenvalue weighted by Crippen LogP contribution is 2.52. The van der Waals surface area contributed by atoms with Gasteiger partial charge in [-0.05, 0) is 48.7 Å². The van der Waals surface area contributed by atoms with Crippen LogP contribution in [0.25, 0.3) is 0 Å². The summed E-state index contributed by atoms with van der Waals surface area (Å²) >= 11 is 5.59. The number of likely N-dealkylation sites (tertiary alicyclic amines) is 1. The first-order chi connectivity index (χ1) is 8.35. The van der Waals surface area contributed by atoms with Gasteiger partial charge in [0.1, 0.15) is 0 Å². The monoisotopic (exact) mass is 268 g/mol. The van der Waals surface area contributed by atoms with Crippen molar-refractivity contribution in [3.05, 3.63) is 0 Å². The van der Waals surface area contributed by atoms with Crippen molar-refractivity contribution in [1.82, 2.24) is 10.2 Å². The molecule has 18 heavy (non-hydrogen) atoms. The lowest BCUT2D eigenvalue weighted by molar-refractivity contribution is 0.132. The molecule has 0 amide bonds. The third-order valence-corrected chi connectivity index (χ3v) is 4.86. The van der Waals surface area contributed by atoms with Crippen LogP contribution in [-0.4, -0.2) is 29.1 Å². The molecule has 2 bridgehead atoms. The van der Waals surface area contributed by atoms with E-state index >= 15 is 0 Å². The Morgan fingerprint density at radius 3 is 2.72 bits per heavy atom. The van der Waals surface area contributed by atoms with Crippen LogP contribution in [0.1, 0.15) is 59.8 Å². The second kappa shape index (κ2) is 4.99. The number of fused-ring (bicyclic) bond motifs is 2. The molecule has 104 valence electrons. The standard InChI is InChI=1S/C15H28N2S/c1-5-6-7-16-13(18)17-11-15(4)9-12(17)8-14(2,3)10-15/h12H,5-11H2,1-4H3,(H,16,18)/t12-,15+/m1/s1. The van der Waals surface area contributed by atoms with Crippen LogP contribution >= 0.6 is 12.2 Å². The highest BCUT2D eigenvalue weighted by Gasteiger charge is 2.50. The topological polar surface area (TPSA) is 15.3 Å². The summed E-state index contributed by atoms with van der Waals surface area (Å²) in [7, 11) is 0. The summed E-state index contributed by atoms with van der Waals surface area (Å²) in [5.74, 6) is 0. The lowest BCUT2D eigenvalue weighted by Crippen LogP contribution is -2.43. The molecule has 0 unspecified atom stereocenters. The molecule has 1 saturated heterocycles. The minimum Gasteiger partial charge on any atom is -0.363 e. The molecule has 2 atom stereocenters. The van der Waals surface area contributed by atoms with E-state index in [-0.39, 0.29) is 0 Å². The van der Waals surface area contributed by atoms with E-state index < -0.39 is 0 Å². The van der Waals surface area contributed by atoms with Crippen LogP contribution in [0.5, 0.6) is 0 Å². The van der Waals surface area contributed by atoms with Gasteiger partial charge in [-0.3, -0.25) is 0 Å². The zero-order chi connectivity index (χ0) is 13.4. The fourth-order valence-electron chi connectivity index (χ4n) is 4.17. The summed E-state index contributed by atoms with van der Waals surface area (Å²) < 4.78 is 0. The van der Waals surface area contributed by atoms with Crippen LogP contribution < -0.4 is 5.32 Å². The molecule has 0 spiro atoms. The molecule has 0 aromatic carbocycles. The van der Waals surface area contributed by atoms with Crippen LogP contribution in [0, 0.1) is 10.8 Å². The van der Waals surface area contributed by atoms with Crippen molar-refractivity contribution >= 4 is 17.3 Å². The van der Waals surface area contributed by atoms with Crippen LogP contribution in [0.15, 0.2) is 0 Å². The predicted molar refractivity (Wildman–Crippen MR) is 81.7 cm³/mol. The Bertz CT molecular complexity index is 326. The van der Waals surface area contributed by atoms with E-state index in [2.05, 4.69) is 37.9 Å². The molecule has 1 saturated carbocycles. The van der Waals surface area contributed by atoms with Gasteiger partial charge in [-0.25, -0.2) is 0 Å². The van der Waals surface area contributed by atoms with E-state index in [9.17, 15) is 0 Å². The molecule has 1 aliphatic carbocycles. The summed E-state index contributed by atoms with van der Waals surface area (Å²) in [4.78, 5) is 2.47. The van der Waals surface area contributed by atoms with E-state index in [1.165, 1.54) is 32.1 Å². The molecule has 0 aromatic rings. The van der Waals surface area contributed by atoms with E-state index in [0.29, 0.717) is 16.9 Å². The van der Waals surface area contributed by atoms with Crippen LogP contribution in [0.3, 0.4) is 0 Å². The Morgan fingerprint density at radius 2 is 2.06 bits per heavy atom. The van der Waals surface area contributed by atoms with E-state index in [4.69, 9.17) is 12.2 Å². The molecule has 2 rings (SSSR count). The van der Waals surface area contributed by atoms with Crippen molar-refractivity contribution in [2.75, 3.05) is 13.1 Å². The Hall–Kier alpha value is -0.310. The van der Waals surface area contributed by atoms with E-state index in [1.54, 1.807) is 0 Å². The van der Waals surface area contributed by atoms with Crippen LogP contribution in [0.2, 0.25) is 0 Å². The van der Waals surface area contributed by atoms with Crippen molar-refractivity contribution in [2.45, 2.75) is 65.8 Å². The second-order valence-corrected chi connectivity index (χ2v) is 7.81. The van der Waals surface area contributed by atoms with Gasteiger partial charge in [-0.2, -0.15) is 0 Å². The molecule has 1 heterocycles. The van der Waals surface area contributed by atoms with Crippen molar-refractivity contribution < 1.29 is 0 Å². The minimum absolute atomic E-state index is 0.475. The third kappa shape index (κ3) is 2.98. The summed E-state index contributed by atoms with van der Waals surface area (Å²) in [5.41, 5.74) is 0.953. The third-order valence-electron chi connectivity index (χ3n) is 4.48. The maximum absolute atomic E-state index is 5.59. The first-order valence-corrected chi connectivity index (χ1v) is 7.81. The molecule has 2 nitrogen and oxygen atoms in total. The molecule has 2 fully saturated rings. The fraction of sp³-hybridized carbons (Fsp3) is 0.933. The van der Waals surface area contributed by atoms with Gasteiger partial charge in [-0.1, -0.05) is 34.1 Å². The largest absolute Gasteiger partial charge is 0.363 e. The maximum atomic E-state index is 5.59. The average molecular weight is 268 g/mol. The normalized spacial score (nSPS) is 33.6. The molecule has 0 radical (unpaired) electrons. The maximum Gasteiger partial charge on any atom is 0.169 e. The quantitative estimate of drug-likeness (QED) is 0.622. The Balaban J connectivity index is 1.98. The van der Waals surface area contributed by atoms with Crippen LogP contribution in [-0.2, 0) is 0 Å². The molecular weight excluding hydrogens is 240 g/mol. The lowest BCUT2D eigenvalue weighted by Gasteiger charge is -2.39. The number of hydrogen-bond donors (Lipinski definition) is 1. The number of rotatable bonds is 3. The SMILES string of the molecule is CCCCNC(=S)N1C[C@@]2(C)C[C@H]1CC(C)(C)C2. The van der Waals surface area contributed by atoms with Gasteiger partial charge < -0.3 is 10.2 Å².